The zero-order valence-corrected chi connectivity index (χ0v) is 9.19. The molecule has 1 rings (SSSR count). The molecule has 0 radical (unpaired) electrons. The van der Waals surface area contributed by atoms with Gasteiger partial charge in [0.15, 0.2) is 0 Å². The van der Waals surface area contributed by atoms with E-state index >= 15 is 0 Å². The van der Waals surface area contributed by atoms with Gasteiger partial charge >= 0.3 is 5.97 Å². The Bertz CT molecular complexity index is 280. The number of carboxylic acid groups (broad SMARTS) is 1. The predicted octanol–water partition coefficient (Wildman–Crippen LogP) is 0.0469. The Kier molecular flexibility index (Phi) is 3.34. The lowest BCUT2D eigenvalue weighted by Gasteiger charge is -2.39. The average molecular weight is 214 g/mol. The fourth-order valence-electron chi connectivity index (χ4n) is 1.96. The van der Waals surface area contributed by atoms with Gasteiger partial charge in [-0.25, -0.2) is 0 Å². The molecule has 1 amide bonds. The second-order valence-electron chi connectivity index (χ2n) is 4.52. The van der Waals surface area contributed by atoms with Gasteiger partial charge in [0.2, 0.25) is 5.91 Å². The Morgan fingerprint density at radius 1 is 1.53 bits per heavy atom. The molecule has 15 heavy (non-hydrogen) atoms. The van der Waals surface area contributed by atoms with Crippen molar-refractivity contribution in [3.63, 3.8) is 0 Å². The molecule has 86 valence electrons. The maximum absolute atomic E-state index is 11.1. The van der Waals surface area contributed by atoms with Crippen LogP contribution in [0.3, 0.4) is 0 Å². The molecule has 0 aromatic rings. The highest BCUT2D eigenvalue weighted by Crippen LogP contribution is 2.30. The largest absolute Gasteiger partial charge is 0.481 e. The van der Waals surface area contributed by atoms with E-state index < -0.39 is 17.3 Å². The number of nitrogens with zero attached hydrogens (tertiary/aromatic N) is 1. The van der Waals surface area contributed by atoms with E-state index in [1.165, 1.54) is 0 Å². The molecule has 2 unspecified atom stereocenters. The average Bonchev–Trinajstić information content (AvgIpc) is 2.16. The molecule has 1 aliphatic heterocycles. The molecule has 1 saturated heterocycles. The van der Waals surface area contributed by atoms with Gasteiger partial charge in [-0.05, 0) is 33.2 Å². The third-order valence-corrected chi connectivity index (χ3v) is 3.20. The number of likely N-dealkylation sites (tertiary alicyclic amines) is 1. The van der Waals surface area contributed by atoms with E-state index in [-0.39, 0.29) is 6.04 Å². The van der Waals surface area contributed by atoms with Crippen molar-refractivity contribution in [1.29, 1.82) is 0 Å². The fraction of sp³-hybridized carbons (Fsp3) is 0.800. The van der Waals surface area contributed by atoms with Crippen LogP contribution in [-0.4, -0.2) is 41.0 Å². The second-order valence-corrected chi connectivity index (χ2v) is 4.52. The van der Waals surface area contributed by atoms with E-state index in [4.69, 9.17) is 10.8 Å². The quantitative estimate of drug-likeness (QED) is 0.695. The monoisotopic (exact) mass is 214 g/mol. The number of nitrogens with two attached hydrogens (primary N) is 1. The summed E-state index contributed by atoms with van der Waals surface area (Å²) in [5.41, 5.74) is 4.46. The van der Waals surface area contributed by atoms with Crippen LogP contribution in [0.2, 0.25) is 0 Å². The number of aliphatic carboxylic acids is 1. The van der Waals surface area contributed by atoms with Crippen molar-refractivity contribution in [2.24, 2.45) is 11.1 Å². The summed E-state index contributed by atoms with van der Waals surface area (Å²) in [7, 11) is 0. The van der Waals surface area contributed by atoms with Gasteiger partial charge in [0, 0.05) is 6.54 Å². The molecule has 0 aromatic carbocycles. The minimum atomic E-state index is -0.802. The summed E-state index contributed by atoms with van der Waals surface area (Å²) >= 11 is 0. The van der Waals surface area contributed by atoms with Crippen molar-refractivity contribution in [3.05, 3.63) is 0 Å². The number of primary amides is 1. The highest BCUT2D eigenvalue weighted by molar-refractivity contribution is 5.80. The van der Waals surface area contributed by atoms with E-state index in [9.17, 15) is 9.59 Å². The molecule has 0 saturated carbocycles. The van der Waals surface area contributed by atoms with Crippen LogP contribution in [-0.2, 0) is 9.59 Å². The normalized spacial score (nSPS) is 29.7. The molecule has 0 aromatic heterocycles. The van der Waals surface area contributed by atoms with Crippen LogP contribution in [0.1, 0.15) is 26.7 Å². The Morgan fingerprint density at radius 2 is 2.13 bits per heavy atom. The Labute approximate surface area is 89.2 Å². The maximum Gasteiger partial charge on any atom is 0.310 e. The zero-order chi connectivity index (χ0) is 11.6. The van der Waals surface area contributed by atoms with Gasteiger partial charge in [-0.1, -0.05) is 0 Å². The molecule has 0 aliphatic carbocycles. The number of carbonyl (C=O) groups excluding carboxylic acids is 1. The molecule has 1 heterocycles. The number of hydrogen-bond acceptors (Lipinski definition) is 3. The van der Waals surface area contributed by atoms with Gasteiger partial charge in [-0.15, -0.1) is 0 Å². The van der Waals surface area contributed by atoms with E-state index in [1.54, 1.807) is 13.8 Å². The molecule has 3 N–H and O–H groups in total. The molecule has 2 atom stereocenters. The molecule has 0 bridgehead atoms. The summed E-state index contributed by atoms with van der Waals surface area (Å²) in [5, 5.41) is 9.09. The number of carboxylic acids is 1. The number of amides is 1. The van der Waals surface area contributed by atoms with Crippen molar-refractivity contribution in [3.8, 4) is 0 Å². The first kappa shape index (κ1) is 12.0. The van der Waals surface area contributed by atoms with Gasteiger partial charge in [-0.3, -0.25) is 14.5 Å². The van der Waals surface area contributed by atoms with Crippen LogP contribution in [0.4, 0.5) is 0 Å². The summed E-state index contributed by atoms with van der Waals surface area (Å²) < 4.78 is 0. The zero-order valence-electron chi connectivity index (χ0n) is 9.19. The minimum absolute atomic E-state index is 0.385. The van der Waals surface area contributed by atoms with Crippen LogP contribution < -0.4 is 5.73 Å². The van der Waals surface area contributed by atoms with Crippen molar-refractivity contribution in [2.45, 2.75) is 32.7 Å². The van der Waals surface area contributed by atoms with Crippen molar-refractivity contribution < 1.29 is 14.7 Å². The first-order valence-corrected chi connectivity index (χ1v) is 5.13. The Hall–Kier alpha value is -1.10. The van der Waals surface area contributed by atoms with Gasteiger partial charge < -0.3 is 10.8 Å². The van der Waals surface area contributed by atoms with Crippen LogP contribution >= 0.6 is 0 Å². The number of hydrogen-bond donors (Lipinski definition) is 2. The lowest BCUT2D eigenvalue weighted by molar-refractivity contribution is -0.152. The van der Waals surface area contributed by atoms with E-state index in [0.29, 0.717) is 13.0 Å². The molecule has 5 heteroatoms. The first-order chi connectivity index (χ1) is 6.87. The second kappa shape index (κ2) is 4.18. The standard InChI is InChI=1S/C10H18N2O3/c1-7(8(11)13)12-5-3-4-10(2,6-12)9(14)15/h7H,3-6H2,1-2H3,(H2,11,13)(H,14,15). The lowest BCUT2D eigenvalue weighted by atomic mass is 9.81. The number of carbonyl (C=O) groups is 2. The van der Waals surface area contributed by atoms with E-state index in [1.807, 2.05) is 4.90 Å². The van der Waals surface area contributed by atoms with Crippen LogP contribution in [0.15, 0.2) is 0 Å². The highest BCUT2D eigenvalue weighted by atomic mass is 16.4. The predicted molar refractivity (Wildman–Crippen MR) is 55.2 cm³/mol. The number of rotatable bonds is 3. The lowest BCUT2D eigenvalue weighted by Crippen LogP contribution is -2.52. The summed E-state index contributed by atoms with van der Waals surface area (Å²) in [5.74, 6) is -1.20. The third-order valence-electron chi connectivity index (χ3n) is 3.20. The van der Waals surface area contributed by atoms with Gasteiger partial charge in [0.05, 0.1) is 11.5 Å². The summed E-state index contributed by atoms with van der Waals surface area (Å²) in [4.78, 5) is 23.9. The van der Waals surface area contributed by atoms with Gasteiger partial charge in [0.1, 0.15) is 0 Å². The van der Waals surface area contributed by atoms with Crippen molar-refractivity contribution in [1.82, 2.24) is 4.90 Å². The molecule has 1 fully saturated rings. The Balaban J connectivity index is 2.72. The first-order valence-electron chi connectivity index (χ1n) is 5.13. The van der Waals surface area contributed by atoms with Gasteiger partial charge in [0.25, 0.3) is 0 Å². The number of piperidine rings is 1. The molecule has 1 aliphatic rings. The topological polar surface area (TPSA) is 83.6 Å². The smallest absolute Gasteiger partial charge is 0.310 e. The third kappa shape index (κ3) is 2.47. The molecule has 0 spiro atoms. The highest BCUT2D eigenvalue weighted by Gasteiger charge is 2.39. The summed E-state index contributed by atoms with van der Waals surface area (Å²) in [6.45, 7) is 4.57. The Morgan fingerprint density at radius 3 is 2.60 bits per heavy atom. The SMILES string of the molecule is CC(C(N)=O)N1CCCC(C)(C(=O)O)C1. The van der Waals surface area contributed by atoms with Gasteiger partial charge in [-0.2, -0.15) is 0 Å². The summed E-state index contributed by atoms with van der Waals surface area (Å²) in [6, 6.07) is -0.385. The minimum Gasteiger partial charge on any atom is -0.481 e. The van der Waals surface area contributed by atoms with E-state index in [0.717, 1.165) is 13.0 Å². The maximum atomic E-state index is 11.1. The van der Waals surface area contributed by atoms with Crippen LogP contribution in [0.5, 0.6) is 0 Å². The van der Waals surface area contributed by atoms with Crippen molar-refractivity contribution in [2.75, 3.05) is 13.1 Å². The van der Waals surface area contributed by atoms with E-state index in [2.05, 4.69) is 0 Å². The molecular formula is C10H18N2O3. The van der Waals surface area contributed by atoms with Crippen LogP contribution in [0.25, 0.3) is 0 Å². The fourth-order valence-corrected chi connectivity index (χ4v) is 1.96. The van der Waals surface area contributed by atoms with Crippen LogP contribution in [0, 0.1) is 5.41 Å². The van der Waals surface area contributed by atoms with Crippen molar-refractivity contribution >= 4 is 11.9 Å². The molecular weight excluding hydrogens is 196 g/mol. The molecule has 5 nitrogen and oxygen atoms in total. The summed E-state index contributed by atoms with van der Waals surface area (Å²) in [6.07, 6.45) is 1.45.